The molecule has 0 amide bonds. The van der Waals surface area contributed by atoms with Crippen molar-refractivity contribution < 1.29 is 4.39 Å². The number of hydrogen-bond acceptors (Lipinski definition) is 2. The van der Waals surface area contributed by atoms with E-state index < -0.39 is 6.17 Å². The molecule has 1 aliphatic carbocycles. The second-order valence-corrected chi connectivity index (χ2v) is 3.32. The average molecular weight is 169 g/mol. The van der Waals surface area contributed by atoms with E-state index in [-0.39, 0.29) is 6.04 Å². The van der Waals surface area contributed by atoms with Gasteiger partial charge in [0, 0.05) is 12.6 Å². The van der Waals surface area contributed by atoms with E-state index in [1.54, 1.807) is 17.1 Å². The van der Waals surface area contributed by atoms with Gasteiger partial charge in [0.25, 0.3) is 0 Å². The second-order valence-electron chi connectivity index (χ2n) is 3.32. The van der Waals surface area contributed by atoms with Crippen LogP contribution in [0.4, 0.5) is 10.1 Å². The van der Waals surface area contributed by atoms with Crippen LogP contribution in [-0.4, -0.2) is 16.0 Å². The highest BCUT2D eigenvalue weighted by Crippen LogP contribution is 2.31. The van der Waals surface area contributed by atoms with Gasteiger partial charge in [-0.15, -0.1) is 0 Å². The molecule has 2 unspecified atom stereocenters. The molecule has 1 heterocycles. The van der Waals surface area contributed by atoms with Crippen LogP contribution in [0.25, 0.3) is 0 Å². The predicted octanol–water partition coefficient (Wildman–Crippen LogP) is 1.53. The van der Waals surface area contributed by atoms with Crippen LogP contribution in [0.15, 0.2) is 12.4 Å². The monoisotopic (exact) mass is 169 g/mol. The number of nitrogens with two attached hydrogens (primary N) is 1. The molecule has 1 aromatic heterocycles. The second kappa shape index (κ2) is 2.77. The molecule has 1 saturated carbocycles. The first-order valence-electron chi connectivity index (χ1n) is 4.19. The molecule has 4 heteroatoms. The molecular weight excluding hydrogens is 157 g/mol. The molecule has 2 atom stereocenters. The van der Waals surface area contributed by atoms with Crippen LogP contribution in [0.3, 0.4) is 0 Å². The number of hydrogen-bond donors (Lipinski definition) is 1. The topological polar surface area (TPSA) is 43.8 Å². The molecule has 1 aromatic rings. The van der Waals surface area contributed by atoms with Crippen LogP contribution in [0.2, 0.25) is 0 Å². The van der Waals surface area contributed by atoms with E-state index in [1.165, 1.54) is 0 Å². The Balaban J connectivity index is 2.11. The minimum absolute atomic E-state index is 0.220. The van der Waals surface area contributed by atoms with Crippen molar-refractivity contribution in [2.45, 2.75) is 31.5 Å². The number of halogens is 1. The van der Waals surface area contributed by atoms with E-state index >= 15 is 0 Å². The minimum atomic E-state index is -0.652. The Labute approximate surface area is 70.4 Å². The quantitative estimate of drug-likeness (QED) is 0.692. The van der Waals surface area contributed by atoms with Crippen molar-refractivity contribution >= 4 is 5.69 Å². The van der Waals surface area contributed by atoms with E-state index in [0.717, 1.165) is 6.42 Å². The molecule has 2 rings (SSSR count). The average Bonchev–Trinajstić information content (AvgIpc) is 2.58. The van der Waals surface area contributed by atoms with Crippen molar-refractivity contribution in [2.24, 2.45) is 0 Å². The van der Waals surface area contributed by atoms with Gasteiger partial charge in [-0.25, -0.2) is 4.39 Å². The third-order valence-electron chi connectivity index (χ3n) is 2.34. The highest BCUT2D eigenvalue weighted by Gasteiger charge is 2.25. The first-order valence-corrected chi connectivity index (χ1v) is 4.19. The molecule has 1 aliphatic rings. The molecule has 66 valence electrons. The van der Waals surface area contributed by atoms with E-state index in [9.17, 15) is 4.39 Å². The van der Waals surface area contributed by atoms with Crippen LogP contribution >= 0.6 is 0 Å². The van der Waals surface area contributed by atoms with Crippen molar-refractivity contribution in [3.8, 4) is 0 Å². The van der Waals surface area contributed by atoms with Gasteiger partial charge in [0.2, 0.25) is 0 Å². The molecule has 1 fully saturated rings. The van der Waals surface area contributed by atoms with Crippen LogP contribution in [0.1, 0.15) is 25.3 Å². The zero-order valence-corrected chi connectivity index (χ0v) is 6.78. The van der Waals surface area contributed by atoms with Crippen LogP contribution in [-0.2, 0) is 0 Å². The van der Waals surface area contributed by atoms with Gasteiger partial charge in [0.15, 0.2) is 0 Å². The Kier molecular flexibility index (Phi) is 1.75. The molecule has 0 saturated heterocycles. The smallest absolute Gasteiger partial charge is 0.102 e. The molecular formula is C8H12FN3. The van der Waals surface area contributed by atoms with Crippen molar-refractivity contribution in [1.82, 2.24) is 9.78 Å². The highest BCUT2D eigenvalue weighted by molar-refractivity contribution is 5.30. The van der Waals surface area contributed by atoms with Crippen LogP contribution < -0.4 is 5.73 Å². The lowest BCUT2D eigenvalue weighted by Crippen LogP contribution is -2.05. The summed E-state index contributed by atoms with van der Waals surface area (Å²) in [5, 5.41) is 4.06. The normalized spacial score (nSPS) is 29.4. The molecule has 0 aliphatic heterocycles. The summed E-state index contributed by atoms with van der Waals surface area (Å²) in [6.07, 6.45) is 4.84. The summed E-state index contributed by atoms with van der Waals surface area (Å²) in [6, 6.07) is 0.220. The van der Waals surface area contributed by atoms with Gasteiger partial charge < -0.3 is 5.73 Å². The maximum atomic E-state index is 12.8. The lowest BCUT2D eigenvalue weighted by atomic mass is 10.2. The maximum absolute atomic E-state index is 12.8. The van der Waals surface area contributed by atoms with Crippen molar-refractivity contribution in [1.29, 1.82) is 0 Å². The highest BCUT2D eigenvalue weighted by atomic mass is 19.1. The zero-order chi connectivity index (χ0) is 8.55. The molecule has 0 radical (unpaired) electrons. The number of rotatable bonds is 1. The number of aromatic nitrogens is 2. The van der Waals surface area contributed by atoms with Gasteiger partial charge in [-0.05, 0) is 12.8 Å². The van der Waals surface area contributed by atoms with Crippen molar-refractivity contribution in [3.63, 3.8) is 0 Å². The van der Waals surface area contributed by atoms with Gasteiger partial charge >= 0.3 is 0 Å². The third kappa shape index (κ3) is 1.29. The van der Waals surface area contributed by atoms with Crippen LogP contribution in [0.5, 0.6) is 0 Å². The largest absolute Gasteiger partial charge is 0.396 e. The fraction of sp³-hybridized carbons (Fsp3) is 0.625. The number of alkyl halides is 1. The van der Waals surface area contributed by atoms with Gasteiger partial charge in [0.05, 0.1) is 17.9 Å². The van der Waals surface area contributed by atoms with Crippen molar-refractivity contribution in [3.05, 3.63) is 12.4 Å². The Hall–Kier alpha value is -1.06. The minimum Gasteiger partial charge on any atom is -0.396 e. The lowest BCUT2D eigenvalue weighted by Gasteiger charge is -2.08. The number of anilines is 1. The maximum Gasteiger partial charge on any atom is 0.102 e. The summed E-state index contributed by atoms with van der Waals surface area (Å²) < 4.78 is 14.6. The van der Waals surface area contributed by atoms with Gasteiger partial charge in [-0.2, -0.15) is 5.10 Å². The third-order valence-corrected chi connectivity index (χ3v) is 2.34. The molecule has 2 N–H and O–H groups in total. The Morgan fingerprint density at radius 3 is 2.92 bits per heavy atom. The summed E-state index contributed by atoms with van der Waals surface area (Å²) in [7, 11) is 0. The van der Waals surface area contributed by atoms with E-state index in [2.05, 4.69) is 5.10 Å². The standard InChI is InChI=1S/C8H12FN3/c9-6-1-2-8(3-6)12-5-7(10)4-11-12/h4-6,8H,1-3,10H2. The Morgan fingerprint density at radius 1 is 1.58 bits per heavy atom. The van der Waals surface area contributed by atoms with E-state index in [1.807, 2.05) is 0 Å². The summed E-state index contributed by atoms with van der Waals surface area (Å²) in [4.78, 5) is 0. The van der Waals surface area contributed by atoms with E-state index in [4.69, 9.17) is 5.73 Å². The number of nitrogens with zero attached hydrogens (tertiary/aromatic N) is 2. The molecule has 0 aromatic carbocycles. The summed E-state index contributed by atoms with van der Waals surface area (Å²) in [5.74, 6) is 0. The Morgan fingerprint density at radius 2 is 2.42 bits per heavy atom. The summed E-state index contributed by atoms with van der Waals surface area (Å²) in [6.45, 7) is 0. The molecule has 0 bridgehead atoms. The fourth-order valence-electron chi connectivity index (χ4n) is 1.70. The molecule has 0 spiro atoms. The molecule has 3 nitrogen and oxygen atoms in total. The number of nitrogen functional groups attached to an aromatic ring is 1. The van der Waals surface area contributed by atoms with Crippen molar-refractivity contribution in [2.75, 3.05) is 5.73 Å². The lowest BCUT2D eigenvalue weighted by molar-refractivity contribution is 0.326. The molecule has 12 heavy (non-hydrogen) atoms. The Bertz CT molecular complexity index is 271. The van der Waals surface area contributed by atoms with Crippen LogP contribution in [0, 0.1) is 0 Å². The van der Waals surface area contributed by atoms with Gasteiger partial charge in [-0.3, -0.25) is 4.68 Å². The first kappa shape index (κ1) is 7.58. The van der Waals surface area contributed by atoms with Gasteiger partial charge in [-0.1, -0.05) is 0 Å². The predicted molar refractivity (Wildman–Crippen MR) is 44.4 cm³/mol. The SMILES string of the molecule is Nc1cnn(C2CCC(F)C2)c1. The summed E-state index contributed by atoms with van der Waals surface area (Å²) in [5.41, 5.74) is 6.15. The zero-order valence-electron chi connectivity index (χ0n) is 6.78. The van der Waals surface area contributed by atoms with E-state index in [0.29, 0.717) is 18.5 Å². The fourth-order valence-corrected chi connectivity index (χ4v) is 1.70. The van der Waals surface area contributed by atoms with Gasteiger partial charge in [0.1, 0.15) is 6.17 Å². The summed E-state index contributed by atoms with van der Waals surface area (Å²) >= 11 is 0. The first-order chi connectivity index (χ1) is 5.75.